The maximum atomic E-state index is 11.7. The van der Waals surface area contributed by atoms with Gasteiger partial charge in [0, 0.05) is 6.20 Å². The Balaban J connectivity index is 3.04. The molecule has 0 spiro atoms. The van der Waals surface area contributed by atoms with E-state index < -0.39 is 36.8 Å². The van der Waals surface area contributed by atoms with Gasteiger partial charge in [-0.15, -0.1) is 0 Å². The first-order chi connectivity index (χ1) is 8.86. The van der Waals surface area contributed by atoms with Crippen molar-refractivity contribution in [1.82, 2.24) is 9.55 Å². The predicted molar refractivity (Wildman–Crippen MR) is 67.3 cm³/mol. The van der Waals surface area contributed by atoms with Gasteiger partial charge in [0.25, 0.3) is 0 Å². The van der Waals surface area contributed by atoms with Gasteiger partial charge >= 0.3 is 5.69 Å². The molecule has 8 heteroatoms. The minimum absolute atomic E-state index is 0.0554. The fourth-order valence-corrected chi connectivity index (χ4v) is 1.52. The predicted octanol–water partition coefficient (Wildman–Crippen LogP) is -1.54. The summed E-state index contributed by atoms with van der Waals surface area (Å²) in [4.78, 5) is 15.2. The Morgan fingerprint density at radius 2 is 2.05 bits per heavy atom. The Hall–Kier alpha value is -1.48. The number of nitrogens with zero attached hydrogens (tertiary/aromatic N) is 2. The van der Waals surface area contributed by atoms with Crippen LogP contribution in [0.25, 0.3) is 0 Å². The van der Waals surface area contributed by atoms with Crippen LogP contribution in [0.15, 0.2) is 17.1 Å². The molecule has 0 aliphatic heterocycles. The smallest absolute Gasteiger partial charge is 0.351 e. The standard InChI is InChI=1S/C11H19N3O5/c1-6(16)8(5-15)19-10(7(2)17)14-4-3-9(12)13-11(14)18/h3-4,6-8,10,15-17H,5H2,1-2H3,(H2,12,13,18)/t6?,7?,8-,10-/m1/s1. The van der Waals surface area contributed by atoms with Crippen LogP contribution in [0.1, 0.15) is 20.1 Å². The van der Waals surface area contributed by atoms with Gasteiger partial charge in [0.15, 0.2) is 6.23 Å². The molecule has 0 fully saturated rings. The molecule has 5 N–H and O–H groups in total. The van der Waals surface area contributed by atoms with Crippen molar-refractivity contribution in [1.29, 1.82) is 0 Å². The number of aliphatic hydroxyl groups is 3. The fourth-order valence-electron chi connectivity index (χ4n) is 1.52. The van der Waals surface area contributed by atoms with Gasteiger partial charge in [-0.2, -0.15) is 4.98 Å². The van der Waals surface area contributed by atoms with Crippen molar-refractivity contribution in [2.75, 3.05) is 12.3 Å². The van der Waals surface area contributed by atoms with E-state index in [-0.39, 0.29) is 5.82 Å². The molecule has 4 atom stereocenters. The molecule has 0 amide bonds. The number of hydrogen-bond donors (Lipinski definition) is 4. The summed E-state index contributed by atoms with van der Waals surface area (Å²) in [6.07, 6.45) is -2.67. The summed E-state index contributed by atoms with van der Waals surface area (Å²) in [6.45, 7) is 2.41. The Morgan fingerprint density at radius 1 is 1.42 bits per heavy atom. The number of nitrogens with two attached hydrogens (primary N) is 1. The molecule has 1 rings (SSSR count). The summed E-state index contributed by atoms with van der Waals surface area (Å²) in [6, 6.07) is 1.39. The molecule has 0 bridgehead atoms. The summed E-state index contributed by atoms with van der Waals surface area (Å²) in [7, 11) is 0. The highest BCUT2D eigenvalue weighted by Crippen LogP contribution is 2.16. The van der Waals surface area contributed by atoms with Crippen molar-refractivity contribution in [3.05, 3.63) is 22.7 Å². The Kier molecular flexibility index (Phi) is 5.43. The highest BCUT2D eigenvalue weighted by molar-refractivity contribution is 5.23. The third kappa shape index (κ3) is 4.00. The molecule has 1 heterocycles. The first-order valence-corrected chi connectivity index (χ1v) is 5.84. The van der Waals surface area contributed by atoms with E-state index in [1.165, 1.54) is 26.1 Å². The summed E-state index contributed by atoms with van der Waals surface area (Å²) in [5, 5.41) is 28.2. The largest absolute Gasteiger partial charge is 0.394 e. The van der Waals surface area contributed by atoms with E-state index in [9.17, 15) is 15.0 Å². The van der Waals surface area contributed by atoms with Gasteiger partial charge in [-0.25, -0.2) is 4.79 Å². The average Bonchev–Trinajstić information content (AvgIpc) is 2.31. The Morgan fingerprint density at radius 3 is 2.47 bits per heavy atom. The van der Waals surface area contributed by atoms with Crippen LogP contribution in [0.3, 0.4) is 0 Å². The molecule has 0 saturated heterocycles. The Labute approximate surface area is 110 Å². The highest BCUT2D eigenvalue weighted by Gasteiger charge is 2.26. The molecule has 0 aliphatic carbocycles. The summed E-state index contributed by atoms with van der Waals surface area (Å²) < 4.78 is 6.41. The van der Waals surface area contributed by atoms with Crippen LogP contribution in [-0.4, -0.2) is 49.8 Å². The van der Waals surface area contributed by atoms with Gasteiger partial charge in [-0.1, -0.05) is 0 Å². The van der Waals surface area contributed by atoms with E-state index in [0.29, 0.717) is 0 Å². The maximum absolute atomic E-state index is 11.7. The molecule has 0 aromatic carbocycles. The normalized spacial score (nSPS) is 17.7. The van der Waals surface area contributed by atoms with Gasteiger partial charge in [0.2, 0.25) is 0 Å². The van der Waals surface area contributed by atoms with Gasteiger partial charge < -0.3 is 25.8 Å². The lowest BCUT2D eigenvalue weighted by atomic mass is 10.2. The third-order valence-electron chi connectivity index (χ3n) is 2.57. The second-order valence-corrected chi connectivity index (χ2v) is 4.27. The van der Waals surface area contributed by atoms with Crippen LogP contribution in [-0.2, 0) is 4.74 Å². The molecule has 0 saturated carbocycles. The monoisotopic (exact) mass is 273 g/mol. The van der Waals surface area contributed by atoms with E-state index in [0.717, 1.165) is 4.57 Å². The zero-order valence-electron chi connectivity index (χ0n) is 10.8. The van der Waals surface area contributed by atoms with Crippen molar-refractivity contribution in [2.45, 2.75) is 38.4 Å². The zero-order chi connectivity index (χ0) is 14.6. The quantitative estimate of drug-likeness (QED) is 0.494. The lowest BCUT2D eigenvalue weighted by molar-refractivity contribution is -0.155. The molecule has 108 valence electrons. The van der Waals surface area contributed by atoms with Gasteiger partial charge in [-0.3, -0.25) is 4.57 Å². The molecule has 0 aliphatic rings. The number of aliphatic hydroxyl groups excluding tert-OH is 3. The van der Waals surface area contributed by atoms with Crippen molar-refractivity contribution >= 4 is 5.82 Å². The molecule has 19 heavy (non-hydrogen) atoms. The van der Waals surface area contributed by atoms with Crippen molar-refractivity contribution < 1.29 is 20.1 Å². The number of rotatable bonds is 6. The van der Waals surface area contributed by atoms with Gasteiger partial charge in [0.05, 0.1) is 18.8 Å². The van der Waals surface area contributed by atoms with Gasteiger partial charge in [0.1, 0.15) is 11.9 Å². The van der Waals surface area contributed by atoms with E-state index in [1.807, 2.05) is 0 Å². The lowest BCUT2D eigenvalue weighted by Crippen LogP contribution is -2.40. The first-order valence-electron chi connectivity index (χ1n) is 5.84. The van der Waals surface area contributed by atoms with Crippen LogP contribution in [0, 0.1) is 0 Å². The minimum atomic E-state index is -1.08. The van der Waals surface area contributed by atoms with E-state index in [4.69, 9.17) is 15.6 Å². The molecular weight excluding hydrogens is 254 g/mol. The highest BCUT2D eigenvalue weighted by atomic mass is 16.5. The second-order valence-electron chi connectivity index (χ2n) is 4.27. The second kappa shape index (κ2) is 6.62. The van der Waals surface area contributed by atoms with Crippen LogP contribution in [0.4, 0.5) is 5.82 Å². The van der Waals surface area contributed by atoms with Crippen molar-refractivity contribution in [3.63, 3.8) is 0 Å². The molecule has 0 radical (unpaired) electrons. The van der Waals surface area contributed by atoms with Crippen molar-refractivity contribution in [2.24, 2.45) is 0 Å². The van der Waals surface area contributed by atoms with Crippen molar-refractivity contribution in [3.8, 4) is 0 Å². The summed E-state index contributed by atoms with van der Waals surface area (Å²) in [5.74, 6) is 0.0554. The lowest BCUT2D eigenvalue weighted by Gasteiger charge is -2.28. The molecular formula is C11H19N3O5. The number of ether oxygens (including phenoxy) is 1. The average molecular weight is 273 g/mol. The maximum Gasteiger partial charge on any atom is 0.351 e. The molecule has 2 unspecified atom stereocenters. The summed E-state index contributed by atoms with van der Waals surface area (Å²) >= 11 is 0. The van der Waals surface area contributed by atoms with E-state index in [1.54, 1.807) is 0 Å². The number of aromatic nitrogens is 2. The number of nitrogen functional groups attached to an aromatic ring is 1. The van der Waals surface area contributed by atoms with Crippen LogP contribution < -0.4 is 11.4 Å². The minimum Gasteiger partial charge on any atom is -0.394 e. The molecule has 1 aromatic heterocycles. The van der Waals surface area contributed by atoms with Crippen LogP contribution >= 0.6 is 0 Å². The van der Waals surface area contributed by atoms with Crippen LogP contribution in [0.5, 0.6) is 0 Å². The van der Waals surface area contributed by atoms with Crippen LogP contribution in [0.2, 0.25) is 0 Å². The number of hydrogen-bond acceptors (Lipinski definition) is 7. The molecule has 1 aromatic rings. The summed E-state index contributed by atoms with van der Waals surface area (Å²) in [5.41, 5.74) is 4.68. The first kappa shape index (κ1) is 15.6. The Bertz CT molecular complexity index is 460. The van der Waals surface area contributed by atoms with E-state index >= 15 is 0 Å². The third-order valence-corrected chi connectivity index (χ3v) is 2.57. The molecule has 8 nitrogen and oxygen atoms in total. The topological polar surface area (TPSA) is 131 Å². The SMILES string of the molecule is CC(O)[C@@H](O[C@H](CO)C(C)O)n1ccc(N)nc1=O. The van der Waals surface area contributed by atoms with E-state index in [2.05, 4.69) is 4.98 Å². The van der Waals surface area contributed by atoms with Gasteiger partial charge in [-0.05, 0) is 19.9 Å². The zero-order valence-corrected chi connectivity index (χ0v) is 10.8. The number of anilines is 1. The fraction of sp³-hybridized carbons (Fsp3) is 0.636.